The van der Waals surface area contributed by atoms with Crippen LogP contribution >= 0.6 is 15.9 Å². The maximum atomic E-state index is 11.8. The fourth-order valence-corrected chi connectivity index (χ4v) is 1.46. The Hall–Kier alpha value is -1.53. The molecule has 0 saturated heterocycles. The van der Waals surface area contributed by atoms with E-state index in [-0.39, 0.29) is 16.7 Å². The minimum Gasteiger partial charge on any atom is -0.444 e. The lowest BCUT2D eigenvalue weighted by atomic mass is 10.1. The number of alkyl halides is 1. The molecule has 0 heterocycles. The number of esters is 1. The molecule has 0 fully saturated rings. The summed E-state index contributed by atoms with van der Waals surface area (Å²) in [7, 11) is 0. The summed E-state index contributed by atoms with van der Waals surface area (Å²) in [5, 5.41) is 0. The highest BCUT2D eigenvalue weighted by atomic mass is 79.9. The van der Waals surface area contributed by atoms with Crippen LogP contribution in [0.5, 0.6) is 0 Å². The second-order valence-electron chi connectivity index (χ2n) is 4.44. The van der Waals surface area contributed by atoms with Gasteiger partial charge in [-0.05, 0) is 17.6 Å². The molecule has 0 radical (unpaired) electrons. The molecule has 0 bridgehead atoms. The number of carbonyl (C=O) groups is 1. The van der Waals surface area contributed by atoms with E-state index in [1.807, 2.05) is 50.3 Å². The number of hydrogen-bond acceptors (Lipinski definition) is 2. The zero-order valence-electron chi connectivity index (χ0n) is 11.0. The first-order chi connectivity index (χ1) is 9.04. The first kappa shape index (κ1) is 15.5. The third-order valence-electron chi connectivity index (χ3n) is 2.48. The van der Waals surface area contributed by atoms with Gasteiger partial charge in [-0.2, -0.15) is 0 Å². The molecule has 19 heavy (non-hydrogen) atoms. The van der Waals surface area contributed by atoms with E-state index in [0.717, 1.165) is 5.56 Å². The van der Waals surface area contributed by atoms with E-state index in [2.05, 4.69) is 21.9 Å². The quantitative estimate of drug-likeness (QED) is 0.470. The summed E-state index contributed by atoms with van der Waals surface area (Å²) in [6, 6.07) is 9.71. The Bertz CT molecular complexity index is 471. The van der Waals surface area contributed by atoms with Crippen molar-refractivity contribution in [2.75, 3.05) is 0 Å². The first-order valence-corrected chi connectivity index (χ1v) is 7.00. The van der Waals surface area contributed by atoms with Gasteiger partial charge in [0, 0.05) is 0 Å². The third kappa shape index (κ3) is 5.32. The average molecular weight is 321 g/mol. The van der Waals surface area contributed by atoms with Gasteiger partial charge in [-0.25, -0.2) is 0 Å². The monoisotopic (exact) mass is 320 g/mol. The van der Waals surface area contributed by atoms with Crippen LogP contribution in [0.1, 0.15) is 19.4 Å². The average Bonchev–Trinajstić information content (AvgIpc) is 2.43. The highest BCUT2D eigenvalue weighted by Gasteiger charge is 2.22. The molecule has 2 atom stereocenters. The molecular formula is C16H17BrO2. The molecule has 2 nitrogen and oxygen atoms in total. The van der Waals surface area contributed by atoms with Crippen LogP contribution in [0.4, 0.5) is 0 Å². The van der Waals surface area contributed by atoms with E-state index in [0.29, 0.717) is 0 Å². The van der Waals surface area contributed by atoms with E-state index in [9.17, 15) is 4.79 Å². The van der Waals surface area contributed by atoms with Crippen molar-refractivity contribution in [3.63, 3.8) is 0 Å². The van der Waals surface area contributed by atoms with Crippen molar-refractivity contribution in [2.24, 2.45) is 5.92 Å². The normalized spacial score (nSPS) is 14.1. The Morgan fingerprint density at radius 2 is 2.00 bits per heavy atom. The predicted molar refractivity (Wildman–Crippen MR) is 81.7 cm³/mol. The molecule has 0 spiro atoms. The van der Waals surface area contributed by atoms with Crippen LogP contribution in [0, 0.1) is 18.3 Å². The van der Waals surface area contributed by atoms with Gasteiger partial charge in [0.25, 0.3) is 0 Å². The van der Waals surface area contributed by atoms with Crippen LogP contribution in [0.25, 0.3) is 6.08 Å². The number of benzene rings is 1. The Morgan fingerprint density at radius 3 is 2.53 bits per heavy atom. The van der Waals surface area contributed by atoms with E-state index in [4.69, 9.17) is 11.2 Å². The number of hydrogen-bond donors (Lipinski definition) is 0. The highest BCUT2D eigenvalue weighted by molar-refractivity contribution is 9.10. The lowest BCUT2D eigenvalue weighted by Gasteiger charge is -2.15. The van der Waals surface area contributed by atoms with E-state index in [1.54, 1.807) is 6.08 Å². The molecule has 0 amide bonds. The van der Waals surface area contributed by atoms with Crippen LogP contribution in [-0.4, -0.2) is 16.9 Å². The molecule has 0 N–H and O–H groups in total. The standard InChI is InChI=1S/C16H17BrO2/c1-4-14(19-16(18)15(17)12(2)3)11-10-13-8-6-5-7-9-13/h1,5-12,14-15H,2-3H3. The Morgan fingerprint density at radius 1 is 1.37 bits per heavy atom. The van der Waals surface area contributed by atoms with Gasteiger partial charge in [0.1, 0.15) is 4.83 Å². The second-order valence-corrected chi connectivity index (χ2v) is 5.43. The van der Waals surface area contributed by atoms with Crippen molar-refractivity contribution in [3.8, 4) is 12.3 Å². The van der Waals surface area contributed by atoms with E-state index < -0.39 is 6.10 Å². The summed E-state index contributed by atoms with van der Waals surface area (Å²) in [4.78, 5) is 11.4. The van der Waals surface area contributed by atoms with Crippen molar-refractivity contribution < 1.29 is 9.53 Å². The molecule has 0 aliphatic carbocycles. The summed E-state index contributed by atoms with van der Waals surface area (Å²) >= 11 is 3.29. The van der Waals surface area contributed by atoms with Gasteiger partial charge in [0.2, 0.25) is 0 Å². The summed E-state index contributed by atoms with van der Waals surface area (Å²) in [5.74, 6) is 2.27. The number of terminal acetylenes is 1. The largest absolute Gasteiger partial charge is 0.444 e. The van der Waals surface area contributed by atoms with Crippen molar-refractivity contribution in [2.45, 2.75) is 24.8 Å². The Kier molecular flexibility index (Phi) is 6.38. The molecule has 1 aromatic rings. The van der Waals surface area contributed by atoms with Crippen molar-refractivity contribution in [3.05, 3.63) is 42.0 Å². The molecule has 0 aliphatic rings. The number of ether oxygens (including phenoxy) is 1. The topological polar surface area (TPSA) is 26.3 Å². The van der Waals surface area contributed by atoms with Gasteiger partial charge in [-0.1, -0.05) is 72.1 Å². The predicted octanol–water partition coefficient (Wildman–Crippen LogP) is 3.66. The molecule has 3 heteroatoms. The molecule has 0 aromatic heterocycles. The van der Waals surface area contributed by atoms with Gasteiger partial charge in [-0.15, -0.1) is 6.42 Å². The van der Waals surface area contributed by atoms with Gasteiger partial charge in [-0.3, -0.25) is 4.79 Å². The van der Waals surface area contributed by atoms with E-state index in [1.165, 1.54) is 0 Å². The molecule has 0 saturated carbocycles. The zero-order chi connectivity index (χ0) is 14.3. The van der Waals surface area contributed by atoms with Crippen LogP contribution in [-0.2, 0) is 9.53 Å². The summed E-state index contributed by atoms with van der Waals surface area (Å²) in [5.41, 5.74) is 1.01. The molecule has 0 aliphatic heterocycles. The lowest BCUT2D eigenvalue weighted by Crippen LogP contribution is -2.26. The summed E-state index contributed by atoms with van der Waals surface area (Å²) in [6.45, 7) is 3.87. The van der Waals surface area contributed by atoms with Crippen LogP contribution in [0.2, 0.25) is 0 Å². The fraction of sp³-hybridized carbons (Fsp3) is 0.312. The smallest absolute Gasteiger partial charge is 0.321 e. The minimum absolute atomic E-state index is 0.157. The Labute approximate surface area is 123 Å². The van der Waals surface area contributed by atoms with Crippen molar-refractivity contribution >= 4 is 28.0 Å². The Balaban J connectivity index is 2.63. The molecular weight excluding hydrogens is 304 g/mol. The molecule has 1 aromatic carbocycles. The minimum atomic E-state index is -0.647. The van der Waals surface area contributed by atoms with Gasteiger partial charge >= 0.3 is 5.97 Å². The fourth-order valence-electron chi connectivity index (χ4n) is 1.35. The van der Waals surface area contributed by atoms with Gasteiger partial charge < -0.3 is 4.74 Å². The second kappa shape index (κ2) is 7.81. The van der Waals surface area contributed by atoms with Crippen LogP contribution < -0.4 is 0 Å². The zero-order valence-corrected chi connectivity index (χ0v) is 12.6. The SMILES string of the molecule is C#CC(C=Cc1ccccc1)OC(=O)C(Br)C(C)C. The van der Waals surface area contributed by atoms with Gasteiger partial charge in [0.15, 0.2) is 6.10 Å². The maximum Gasteiger partial charge on any atom is 0.321 e. The number of halogens is 1. The van der Waals surface area contributed by atoms with E-state index >= 15 is 0 Å². The summed E-state index contributed by atoms with van der Waals surface area (Å²) in [6.07, 6.45) is 8.27. The number of carbonyl (C=O) groups excluding carboxylic acids is 1. The number of rotatable bonds is 5. The first-order valence-electron chi connectivity index (χ1n) is 6.08. The van der Waals surface area contributed by atoms with Crippen molar-refractivity contribution in [1.82, 2.24) is 0 Å². The molecule has 1 rings (SSSR count). The summed E-state index contributed by atoms with van der Waals surface area (Å²) < 4.78 is 5.24. The highest BCUT2D eigenvalue weighted by Crippen LogP contribution is 2.15. The van der Waals surface area contributed by atoms with Crippen LogP contribution in [0.15, 0.2) is 36.4 Å². The lowest BCUT2D eigenvalue weighted by molar-refractivity contribution is -0.144. The molecule has 2 unspecified atom stereocenters. The maximum absolute atomic E-state index is 11.8. The van der Waals surface area contributed by atoms with Gasteiger partial charge in [0.05, 0.1) is 0 Å². The third-order valence-corrected chi connectivity index (χ3v) is 3.91. The van der Waals surface area contributed by atoms with Crippen molar-refractivity contribution in [1.29, 1.82) is 0 Å². The van der Waals surface area contributed by atoms with Crippen LogP contribution in [0.3, 0.4) is 0 Å². The molecule has 100 valence electrons.